The van der Waals surface area contributed by atoms with Gasteiger partial charge in [-0.25, -0.2) is 0 Å². The molecule has 1 fully saturated rings. The van der Waals surface area contributed by atoms with Gasteiger partial charge in [-0.1, -0.05) is 36.6 Å². The van der Waals surface area contributed by atoms with Crippen LogP contribution in [0.4, 0.5) is 26.3 Å². The topological polar surface area (TPSA) is 46.5 Å². The van der Waals surface area contributed by atoms with Crippen LogP contribution in [0.25, 0.3) is 11.1 Å². The van der Waals surface area contributed by atoms with Crippen molar-refractivity contribution in [3.8, 4) is 16.9 Å². The summed E-state index contributed by atoms with van der Waals surface area (Å²) in [4.78, 5) is 11.8. The van der Waals surface area contributed by atoms with Crippen molar-refractivity contribution in [2.75, 3.05) is 6.61 Å². The highest BCUT2D eigenvalue weighted by Crippen LogP contribution is 2.44. The van der Waals surface area contributed by atoms with Gasteiger partial charge in [-0.05, 0) is 47.7 Å². The number of benzene rings is 2. The molecule has 2 aromatic carbocycles. The Balaban J connectivity index is 2.06. The van der Waals surface area contributed by atoms with E-state index in [-0.39, 0.29) is 33.4 Å². The summed E-state index contributed by atoms with van der Waals surface area (Å²) in [6.45, 7) is -1.65. The Kier molecular flexibility index (Phi) is 6.45. The maximum Gasteiger partial charge on any atom is 0.422 e. The smallest absolute Gasteiger partial charge is 0.422 e. The van der Waals surface area contributed by atoms with E-state index >= 15 is 0 Å². The lowest BCUT2D eigenvalue weighted by molar-refractivity contribution is -0.153. The summed E-state index contributed by atoms with van der Waals surface area (Å²) < 4.78 is 81.3. The number of rotatable bonds is 7. The van der Waals surface area contributed by atoms with Crippen molar-refractivity contribution >= 4 is 17.6 Å². The third-order valence-electron chi connectivity index (χ3n) is 4.94. The van der Waals surface area contributed by atoms with E-state index in [1.165, 1.54) is 6.07 Å². The molecule has 10 heteroatoms. The van der Waals surface area contributed by atoms with Crippen LogP contribution in [0.1, 0.15) is 36.3 Å². The van der Waals surface area contributed by atoms with E-state index in [0.717, 1.165) is 43.2 Å². The number of ether oxygens (including phenoxy) is 1. The average Bonchev–Trinajstić information content (AvgIpc) is 3.48. The molecular weight excluding hydrogens is 450 g/mol. The third kappa shape index (κ3) is 6.06. The Bertz CT molecular complexity index is 949. The minimum absolute atomic E-state index is 0.0899. The molecule has 0 radical (unpaired) electrons. The van der Waals surface area contributed by atoms with E-state index in [1.54, 1.807) is 0 Å². The van der Waals surface area contributed by atoms with E-state index in [9.17, 15) is 36.2 Å². The molecule has 1 N–H and O–H groups in total. The number of hydrogen-bond acceptors (Lipinski definition) is 2. The van der Waals surface area contributed by atoms with Gasteiger partial charge >= 0.3 is 18.3 Å². The maximum atomic E-state index is 12.8. The highest BCUT2D eigenvalue weighted by Gasteiger charge is 2.33. The van der Waals surface area contributed by atoms with Gasteiger partial charge in [0.15, 0.2) is 6.61 Å². The monoisotopic (exact) mass is 466 g/mol. The minimum atomic E-state index is -4.66. The number of carboxylic acids is 1. The maximum absolute atomic E-state index is 12.8. The molecule has 0 saturated heterocycles. The summed E-state index contributed by atoms with van der Waals surface area (Å²) in [6, 6.07) is 6.41. The lowest BCUT2D eigenvalue weighted by Crippen LogP contribution is -2.20. The quantitative estimate of drug-likeness (QED) is 0.450. The fraction of sp³-hybridized carbons (Fsp3) is 0.381. The second-order valence-corrected chi connectivity index (χ2v) is 7.81. The summed E-state index contributed by atoms with van der Waals surface area (Å²) in [7, 11) is 0. The predicted molar refractivity (Wildman–Crippen MR) is 101 cm³/mol. The van der Waals surface area contributed by atoms with Gasteiger partial charge in [-0.3, -0.25) is 4.79 Å². The largest absolute Gasteiger partial charge is 0.483 e. The van der Waals surface area contributed by atoms with E-state index in [4.69, 9.17) is 16.3 Å². The Morgan fingerprint density at radius 3 is 2.19 bits per heavy atom. The van der Waals surface area contributed by atoms with Gasteiger partial charge in [0.25, 0.3) is 0 Å². The molecule has 31 heavy (non-hydrogen) atoms. The number of aliphatic carboxylic acids is 1. The molecule has 1 atom stereocenters. The van der Waals surface area contributed by atoms with Crippen LogP contribution in [0.3, 0.4) is 0 Å². The Morgan fingerprint density at radius 1 is 1.10 bits per heavy atom. The van der Waals surface area contributed by atoms with Crippen molar-refractivity contribution in [2.45, 2.75) is 37.5 Å². The fourth-order valence-corrected chi connectivity index (χ4v) is 3.47. The number of alkyl halides is 6. The molecule has 0 bridgehead atoms. The fourth-order valence-electron chi connectivity index (χ4n) is 3.20. The van der Waals surface area contributed by atoms with Gasteiger partial charge in [0.1, 0.15) is 5.75 Å². The Labute approximate surface area is 178 Å². The molecule has 3 rings (SSSR count). The van der Waals surface area contributed by atoms with E-state index in [1.807, 2.05) is 0 Å². The van der Waals surface area contributed by atoms with Crippen molar-refractivity contribution in [3.63, 3.8) is 0 Å². The zero-order valence-electron chi connectivity index (χ0n) is 15.9. The van der Waals surface area contributed by atoms with Crippen LogP contribution in [0, 0.1) is 5.92 Å². The molecule has 2 aromatic rings. The molecule has 0 aliphatic heterocycles. The van der Waals surface area contributed by atoms with Crippen molar-refractivity contribution in [1.82, 2.24) is 0 Å². The Hall–Kier alpha value is -2.42. The molecule has 1 unspecified atom stereocenters. The Morgan fingerprint density at radius 2 is 1.71 bits per heavy atom. The van der Waals surface area contributed by atoms with Crippen LogP contribution in [0.15, 0.2) is 36.4 Å². The van der Waals surface area contributed by atoms with Gasteiger partial charge < -0.3 is 9.84 Å². The summed E-state index contributed by atoms with van der Waals surface area (Å²) in [6.07, 6.45) is -7.21. The molecule has 3 nitrogen and oxygen atoms in total. The predicted octanol–water partition coefficient (Wildman–Crippen LogP) is 6.94. The van der Waals surface area contributed by atoms with Gasteiger partial charge in [-0.2, -0.15) is 26.3 Å². The number of hydrogen-bond donors (Lipinski definition) is 1. The van der Waals surface area contributed by atoms with Crippen molar-refractivity contribution in [3.05, 3.63) is 52.5 Å². The molecule has 0 spiro atoms. The van der Waals surface area contributed by atoms with Crippen molar-refractivity contribution in [2.24, 2.45) is 5.92 Å². The van der Waals surface area contributed by atoms with Crippen LogP contribution in [0.2, 0.25) is 5.02 Å². The minimum Gasteiger partial charge on any atom is -0.483 e. The summed E-state index contributed by atoms with van der Waals surface area (Å²) in [5, 5.41) is 9.38. The van der Waals surface area contributed by atoms with E-state index < -0.39 is 36.4 Å². The van der Waals surface area contributed by atoms with E-state index in [2.05, 4.69) is 0 Å². The van der Waals surface area contributed by atoms with Gasteiger partial charge in [-0.15, -0.1) is 0 Å². The van der Waals surface area contributed by atoms with Gasteiger partial charge in [0.2, 0.25) is 0 Å². The molecule has 1 saturated carbocycles. The molecule has 1 aliphatic rings. The number of carboxylic acid groups (broad SMARTS) is 1. The normalized spacial score (nSPS) is 15.6. The van der Waals surface area contributed by atoms with Crippen LogP contribution in [-0.2, 0) is 11.0 Å². The molecule has 0 heterocycles. The highest BCUT2D eigenvalue weighted by molar-refractivity contribution is 6.34. The van der Waals surface area contributed by atoms with Crippen LogP contribution in [0.5, 0.6) is 5.75 Å². The molecule has 168 valence electrons. The number of carbonyl (C=O) groups is 1. The lowest BCUT2D eigenvalue weighted by Gasteiger charge is -2.19. The summed E-state index contributed by atoms with van der Waals surface area (Å²) in [5.74, 6) is -2.35. The molecule has 0 aromatic heterocycles. The zero-order chi connectivity index (χ0) is 23.0. The average molecular weight is 467 g/mol. The van der Waals surface area contributed by atoms with Gasteiger partial charge in [0.05, 0.1) is 16.5 Å². The zero-order valence-corrected chi connectivity index (χ0v) is 16.6. The lowest BCUT2D eigenvalue weighted by atomic mass is 9.90. The van der Waals surface area contributed by atoms with Gasteiger partial charge in [0, 0.05) is 5.56 Å². The van der Waals surface area contributed by atoms with Crippen LogP contribution in [-0.4, -0.2) is 23.9 Å². The third-order valence-corrected chi connectivity index (χ3v) is 5.33. The molecule has 1 aliphatic carbocycles. The van der Waals surface area contributed by atoms with E-state index in [0.29, 0.717) is 6.42 Å². The first kappa shape index (κ1) is 23.2. The first-order chi connectivity index (χ1) is 14.3. The van der Waals surface area contributed by atoms with Crippen LogP contribution >= 0.6 is 11.6 Å². The summed E-state index contributed by atoms with van der Waals surface area (Å²) >= 11 is 6.21. The van der Waals surface area contributed by atoms with Crippen LogP contribution < -0.4 is 4.74 Å². The van der Waals surface area contributed by atoms with Crippen molar-refractivity contribution in [1.29, 1.82) is 0 Å². The second kappa shape index (κ2) is 8.61. The highest BCUT2D eigenvalue weighted by atomic mass is 35.5. The SMILES string of the molecule is O=C(O)C(CC1CC1)c1cc(OCC(F)(F)F)c(Cl)c(-c2ccc(C(F)(F)F)cc2)c1. The first-order valence-corrected chi connectivity index (χ1v) is 9.66. The van der Waals surface area contributed by atoms with Crippen molar-refractivity contribution < 1.29 is 41.0 Å². The molecular formula is C21H17ClF6O3. The molecule has 0 amide bonds. The second-order valence-electron chi connectivity index (χ2n) is 7.43. The standard InChI is InChI=1S/C21H17ClF6O3/c22-18-15(12-3-5-14(6-4-12)21(26,27)28)8-13(9-17(18)31-10-20(23,24)25)16(19(29)30)7-11-1-2-11/h3-6,8-9,11,16H,1-2,7,10H2,(H,29,30). The summed E-state index contributed by atoms with van der Waals surface area (Å²) in [5.41, 5.74) is -0.454. The first-order valence-electron chi connectivity index (χ1n) is 9.28. The number of halogens is 7.